The number of amides is 1. The summed E-state index contributed by atoms with van der Waals surface area (Å²) in [4.78, 5) is 24.4. The van der Waals surface area contributed by atoms with Crippen molar-refractivity contribution in [2.24, 2.45) is 0 Å². The summed E-state index contributed by atoms with van der Waals surface area (Å²) in [5, 5.41) is 13.3. The molecular weight excluding hydrogens is 430 g/mol. The smallest absolute Gasteiger partial charge is 0.289 e. The lowest BCUT2D eigenvalue weighted by Gasteiger charge is -2.33. The van der Waals surface area contributed by atoms with Crippen LogP contribution in [0.5, 0.6) is 0 Å². The van der Waals surface area contributed by atoms with Crippen LogP contribution in [0.25, 0.3) is 16.8 Å². The Hall–Kier alpha value is -3.56. The topological polar surface area (TPSA) is 101 Å². The third-order valence-electron chi connectivity index (χ3n) is 5.46. The van der Waals surface area contributed by atoms with Gasteiger partial charge in [0.1, 0.15) is 0 Å². The van der Waals surface area contributed by atoms with Gasteiger partial charge in [-0.25, -0.2) is 8.42 Å². The standard InChI is InChI=1S/C23H21N3O5S/c27-23(13-12-19-8-5-7-18-6-1-2-9-20(18)19)24-14-16-25(17-15-24)32(30,31)22-11-4-3-10-21(22)26(28)29/h1-13H,14-17H2/b13-12+. The van der Waals surface area contributed by atoms with Gasteiger partial charge in [-0.3, -0.25) is 14.9 Å². The number of benzene rings is 3. The van der Waals surface area contributed by atoms with E-state index in [9.17, 15) is 23.3 Å². The number of nitro benzene ring substituents is 1. The third-order valence-corrected chi connectivity index (χ3v) is 7.40. The molecule has 0 saturated carbocycles. The largest absolute Gasteiger partial charge is 0.337 e. The van der Waals surface area contributed by atoms with Crippen LogP contribution >= 0.6 is 0 Å². The van der Waals surface area contributed by atoms with Gasteiger partial charge < -0.3 is 4.90 Å². The molecule has 0 bridgehead atoms. The Morgan fingerprint density at radius 1 is 0.906 bits per heavy atom. The van der Waals surface area contributed by atoms with Crippen LogP contribution in [0.3, 0.4) is 0 Å². The van der Waals surface area contributed by atoms with E-state index in [1.807, 2.05) is 42.5 Å². The summed E-state index contributed by atoms with van der Waals surface area (Å²) < 4.78 is 27.0. The fraction of sp³-hybridized carbons (Fsp3) is 0.174. The lowest BCUT2D eigenvalue weighted by atomic mass is 10.0. The maximum absolute atomic E-state index is 12.9. The summed E-state index contributed by atoms with van der Waals surface area (Å²) >= 11 is 0. The molecule has 1 fully saturated rings. The van der Waals surface area contributed by atoms with Crippen LogP contribution in [0.1, 0.15) is 5.56 Å². The van der Waals surface area contributed by atoms with Crippen molar-refractivity contribution in [2.45, 2.75) is 4.90 Å². The van der Waals surface area contributed by atoms with E-state index >= 15 is 0 Å². The Morgan fingerprint density at radius 2 is 1.56 bits per heavy atom. The highest BCUT2D eigenvalue weighted by Crippen LogP contribution is 2.27. The molecule has 1 heterocycles. The minimum absolute atomic E-state index is 0.0717. The summed E-state index contributed by atoms with van der Waals surface area (Å²) in [5.74, 6) is -0.208. The second-order valence-electron chi connectivity index (χ2n) is 7.36. The fourth-order valence-electron chi connectivity index (χ4n) is 3.78. The van der Waals surface area contributed by atoms with E-state index in [0.717, 1.165) is 16.3 Å². The van der Waals surface area contributed by atoms with Crippen LogP contribution in [-0.2, 0) is 14.8 Å². The number of fused-ring (bicyclic) bond motifs is 1. The van der Waals surface area contributed by atoms with Gasteiger partial charge in [-0.2, -0.15) is 4.31 Å². The van der Waals surface area contributed by atoms with Crippen molar-refractivity contribution >= 4 is 38.5 Å². The summed E-state index contributed by atoms with van der Waals surface area (Å²) in [5.41, 5.74) is 0.470. The minimum Gasteiger partial charge on any atom is -0.337 e. The van der Waals surface area contributed by atoms with Gasteiger partial charge in [0.2, 0.25) is 15.9 Å². The Labute approximate surface area is 185 Å². The Balaban J connectivity index is 1.45. The summed E-state index contributed by atoms with van der Waals surface area (Å²) in [6.45, 7) is 0.557. The molecule has 0 radical (unpaired) electrons. The molecule has 1 saturated heterocycles. The molecule has 1 aliphatic heterocycles. The number of rotatable bonds is 5. The quantitative estimate of drug-likeness (QED) is 0.337. The first-order chi connectivity index (χ1) is 15.4. The number of hydrogen-bond donors (Lipinski definition) is 0. The molecule has 32 heavy (non-hydrogen) atoms. The number of nitrogens with zero attached hydrogens (tertiary/aromatic N) is 3. The average molecular weight is 452 g/mol. The van der Waals surface area contributed by atoms with Crippen molar-refractivity contribution in [3.63, 3.8) is 0 Å². The van der Waals surface area contributed by atoms with Gasteiger partial charge in [-0.1, -0.05) is 54.6 Å². The van der Waals surface area contributed by atoms with Gasteiger partial charge in [0, 0.05) is 38.3 Å². The molecule has 164 valence electrons. The van der Waals surface area contributed by atoms with E-state index in [4.69, 9.17) is 0 Å². The van der Waals surface area contributed by atoms with Crippen molar-refractivity contribution in [3.05, 3.63) is 88.5 Å². The molecule has 0 aliphatic carbocycles. The van der Waals surface area contributed by atoms with E-state index in [1.54, 1.807) is 11.0 Å². The molecule has 8 nitrogen and oxygen atoms in total. The highest BCUT2D eigenvalue weighted by molar-refractivity contribution is 7.89. The Morgan fingerprint density at radius 3 is 2.31 bits per heavy atom. The van der Waals surface area contributed by atoms with E-state index in [-0.39, 0.29) is 37.0 Å². The van der Waals surface area contributed by atoms with E-state index in [2.05, 4.69) is 0 Å². The van der Waals surface area contributed by atoms with E-state index < -0.39 is 20.6 Å². The normalized spacial score (nSPS) is 15.3. The number of nitro groups is 1. The van der Waals surface area contributed by atoms with Crippen molar-refractivity contribution in [3.8, 4) is 0 Å². The number of sulfonamides is 1. The Bertz CT molecular complexity index is 1310. The van der Waals surface area contributed by atoms with Crippen LogP contribution in [0.2, 0.25) is 0 Å². The molecule has 9 heteroatoms. The number of para-hydroxylation sites is 1. The van der Waals surface area contributed by atoms with Gasteiger partial charge in [0.25, 0.3) is 5.69 Å². The fourth-order valence-corrected chi connectivity index (χ4v) is 5.36. The second-order valence-corrected chi connectivity index (χ2v) is 9.26. The van der Waals surface area contributed by atoms with Gasteiger partial charge in [0.05, 0.1) is 4.92 Å². The molecule has 0 spiro atoms. The zero-order chi connectivity index (χ0) is 22.7. The monoisotopic (exact) mass is 451 g/mol. The summed E-state index contributed by atoms with van der Waals surface area (Å²) in [6, 6.07) is 19.1. The molecular formula is C23H21N3O5S. The highest BCUT2D eigenvalue weighted by Gasteiger charge is 2.34. The first-order valence-corrected chi connectivity index (χ1v) is 11.5. The molecule has 0 N–H and O–H groups in total. The molecule has 3 aromatic carbocycles. The zero-order valence-electron chi connectivity index (χ0n) is 17.1. The van der Waals surface area contributed by atoms with Crippen LogP contribution in [0.15, 0.2) is 77.7 Å². The van der Waals surface area contributed by atoms with Crippen LogP contribution in [0, 0.1) is 10.1 Å². The average Bonchev–Trinajstić information content (AvgIpc) is 2.82. The predicted octanol–water partition coefficient (Wildman–Crippen LogP) is 3.29. The molecule has 1 aliphatic rings. The maximum Gasteiger partial charge on any atom is 0.289 e. The van der Waals surface area contributed by atoms with Crippen molar-refractivity contribution < 1.29 is 18.1 Å². The number of carbonyl (C=O) groups excluding carboxylic acids is 1. The van der Waals surface area contributed by atoms with Crippen LogP contribution in [-0.4, -0.2) is 54.6 Å². The molecule has 0 aromatic heterocycles. The van der Waals surface area contributed by atoms with E-state index in [1.165, 1.54) is 34.6 Å². The number of piperazine rings is 1. The van der Waals surface area contributed by atoms with Crippen molar-refractivity contribution in [1.82, 2.24) is 9.21 Å². The second kappa shape index (κ2) is 8.89. The van der Waals surface area contributed by atoms with Gasteiger partial charge >= 0.3 is 0 Å². The number of carbonyl (C=O) groups is 1. The summed E-state index contributed by atoms with van der Waals surface area (Å²) in [7, 11) is -4.03. The SMILES string of the molecule is O=C(/C=C/c1cccc2ccccc12)N1CCN(S(=O)(=O)c2ccccc2[N+](=O)[O-])CC1. The van der Waals surface area contributed by atoms with Crippen molar-refractivity contribution in [2.75, 3.05) is 26.2 Å². The minimum atomic E-state index is -4.03. The molecule has 1 amide bonds. The lowest BCUT2D eigenvalue weighted by Crippen LogP contribution is -2.50. The van der Waals surface area contributed by atoms with Gasteiger partial charge in [-0.05, 0) is 28.5 Å². The maximum atomic E-state index is 12.9. The number of hydrogen-bond acceptors (Lipinski definition) is 5. The molecule has 0 unspecified atom stereocenters. The molecule has 4 rings (SSSR count). The van der Waals surface area contributed by atoms with Crippen molar-refractivity contribution in [1.29, 1.82) is 0 Å². The predicted molar refractivity (Wildman–Crippen MR) is 121 cm³/mol. The van der Waals surface area contributed by atoms with Crippen LogP contribution in [0.4, 0.5) is 5.69 Å². The van der Waals surface area contributed by atoms with E-state index in [0.29, 0.717) is 0 Å². The molecule has 3 aromatic rings. The third kappa shape index (κ3) is 4.25. The first kappa shape index (κ1) is 21.7. The zero-order valence-corrected chi connectivity index (χ0v) is 17.9. The Kier molecular flexibility index (Phi) is 6.02. The summed E-state index contributed by atoms with van der Waals surface area (Å²) in [6.07, 6.45) is 3.26. The highest BCUT2D eigenvalue weighted by atomic mass is 32.2. The van der Waals surface area contributed by atoms with Gasteiger partial charge in [-0.15, -0.1) is 0 Å². The first-order valence-electron chi connectivity index (χ1n) is 10.1. The lowest BCUT2D eigenvalue weighted by molar-refractivity contribution is -0.387. The van der Waals surface area contributed by atoms with Gasteiger partial charge in [0.15, 0.2) is 4.90 Å². The molecule has 0 atom stereocenters. The van der Waals surface area contributed by atoms with Crippen LogP contribution < -0.4 is 0 Å².